The molecule has 3 heteroatoms. The maximum Gasteiger partial charge on any atom is 0.0865 e. The van der Waals surface area contributed by atoms with Gasteiger partial charge in [0.15, 0.2) is 0 Å². The molecule has 1 unspecified atom stereocenters. The Kier molecular flexibility index (Phi) is 4.35. The quantitative estimate of drug-likeness (QED) is 0.730. The Balaban J connectivity index is 2.12. The zero-order valence-electron chi connectivity index (χ0n) is 10.0. The fourth-order valence-electron chi connectivity index (χ4n) is 1.57. The molecule has 14 heavy (non-hydrogen) atoms. The molecule has 1 aliphatic heterocycles. The lowest BCUT2D eigenvalue weighted by Crippen LogP contribution is -2.52. The van der Waals surface area contributed by atoms with Crippen molar-refractivity contribution in [3.63, 3.8) is 0 Å². The van der Waals surface area contributed by atoms with Crippen LogP contribution in [-0.2, 0) is 0 Å². The largest absolute Gasteiger partial charge is 0.302 e. The van der Waals surface area contributed by atoms with E-state index in [1.807, 2.05) is 0 Å². The highest BCUT2D eigenvalue weighted by Gasteiger charge is 2.17. The predicted octanol–water partition coefficient (Wildman–Crippen LogP) is 0.888. The first-order chi connectivity index (χ1) is 6.47. The average molecular weight is 198 g/mol. The summed E-state index contributed by atoms with van der Waals surface area (Å²) in [4.78, 5) is 2.34. The van der Waals surface area contributed by atoms with Gasteiger partial charge in [-0.15, -0.1) is 0 Å². The standard InChI is InChI=1S/C11H24N3/c1-11(2,3)5-6-12-10-9-14(4)8-7-13-10/h10,12H,5-9H2,1-4H3. The van der Waals surface area contributed by atoms with Crippen LogP contribution in [-0.4, -0.2) is 44.3 Å². The van der Waals surface area contributed by atoms with Crippen LogP contribution in [0.5, 0.6) is 0 Å². The maximum atomic E-state index is 4.55. The van der Waals surface area contributed by atoms with E-state index in [1.165, 1.54) is 6.42 Å². The van der Waals surface area contributed by atoms with Gasteiger partial charge >= 0.3 is 0 Å². The van der Waals surface area contributed by atoms with E-state index in [2.05, 4.69) is 43.4 Å². The zero-order chi connectivity index (χ0) is 10.6. The average Bonchev–Trinajstić information content (AvgIpc) is 2.01. The van der Waals surface area contributed by atoms with Gasteiger partial charge in [-0.1, -0.05) is 20.8 Å². The molecule has 0 spiro atoms. The first-order valence-corrected chi connectivity index (χ1v) is 5.56. The van der Waals surface area contributed by atoms with Gasteiger partial charge in [-0.3, -0.25) is 5.32 Å². The van der Waals surface area contributed by atoms with E-state index >= 15 is 0 Å². The Hall–Kier alpha value is -0.120. The third-order valence-corrected chi connectivity index (χ3v) is 2.57. The van der Waals surface area contributed by atoms with Crippen molar-refractivity contribution in [3.8, 4) is 0 Å². The van der Waals surface area contributed by atoms with Gasteiger partial charge in [0, 0.05) is 19.6 Å². The molecule has 0 bridgehead atoms. The van der Waals surface area contributed by atoms with E-state index in [4.69, 9.17) is 0 Å². The van der Waals surface area contributed by atoms with Crippen molar-refractivity contribution in [1.29, 1.82) is 0 Å². The van der Waals surface area contributed by atoms with Gasteiger partial charge in [0.2, 0.25) is 0 Å². The summed E-state index contributed by atoms with van der Waals surface area (Å²) in [5, 5.41) is 8.05. The molecular formula is C11H24N3. The van der Waals surface area contributed by atoms with Crippen molar-refractivity contribution in [2.24, 2.45) is 5.41 Å². The molecule has 0 saturated carbocycles. The Bertz CT molecular complexity index is 162. The van der Waals surface area contributed by atoms with Gasteiger partial charge < -0.3 is 4.90 Å². The van der Waals surface area contributed by atoms with Crippen LogP contribution in [0, 0.1) is 5.41 Å². The van der Waals surface area contributed by atoms with Gasteiger partial charge in [-0.05, 0) is 25.4 Å². The van der Waals surface area contributed by atoms with Crippen LogP contribution < -0.4 is 10.6 Å². The van der Waals surface area contributed by atoms with Gasteiger partial charge in [0.25, 0.3) is 0 Å². The van der Waals surface area contributed by atoms with Crippen LogP contribution in [0.4, 0.5) is 0 Å². The highest BCUT2D eigenvalue weighted by molar-refractivity contribution is 4.75. The first kappa shape index (κ1) is 12.0. The summed E-state index contributed by atoms with van der Waals surface area (Å²) < 4.78 is 0. The third-order valence-electron chi connectivity index (χ3n) is 2.57. The van der Waals surface area contributed by atoms with Crippen LogP contribution in [0.1, 0.15) is 27.2 Å². The second-order valence-electron chi connectivity index (χ2n) is 5.45. The normalized spacial score (nSPS) is 25.3. The van der Waals surface area contributed by atoms with Gasteiger partial charge in [-0.2, -0.15) is 0 Å². The molecule has 1 radical (unpaired) electrons. The lowest BCUT2D eigenvalue weighted by Gasteiger charge is -2.30. The molecular weight excluding hydrogens is 174 g/mol. The third kappa shape index (κ3) is 4.94. The molecule has 83 valence electrons. The van der Waals surface area contributed by atoms with Gasteiger partial charge in [-0.25, -0.2) is 5.32 Å². The molecule has 1 aliphatic rings. The molecule has 1 N–H and O–H groups in total. The number of hydrogen-bond donors (Lipinski definition) is 1. The van der Waals surface area contributed by atoms with Crippen LogP contribution in [0.3, 0.4) is 0 Å². The minimum atomic E-state index is 0.357. The smallest absolute Gasteiger partial charge is 0.0865 e. The minimum absolute atomic E-state index is 0.357. The summed E-state index contributed by atoms with van der Waals surface area (Å²) in [5.41, 5.74) is 0.424. The van der Waals surface area contributed by atoms with E-state index in [9.17, 15) is 0 Å². The maximum absolute atomic E-state index is 4.55. The Morgan fingerprint density at radius 2 is 2.14 bits per heavy atom. The van der Waals surface area contributed by atoms with Gasteiger partial charge in [0.05, 0.1) is 6.17 Å². The SMILES string of the molecule is CN1CC[N]C(NCCC(C)(C)C)C1. The van der Waals surface area contributed by atoms with Crippen LogP contribution >= 0.6 is 0 Å². The predicted molar refractivity (Wildman–Crippen MR) is 60.4 cm³/mol. The molecule has 0 aromatic carbocycles. The summed E-state index contributed by atoms with van der Waals surface area (Å²) in [6.45, 7) is 11.0. The van der Waals surface area contributed by atoms with E-state index in [-0.39, 0.29) is 0 Å². The fraction of sp³-hybridized carbons (Fsp3) is 1.00. The van der Waals surface area contributed by atoms with E-state index < -0.39 is 0 Å². The van der Waals surface area contributed by atoms with E-state index in [0.29, 0.717) is 11.6 Å². The molecule has 0 aliphatic carbocycles. The van der Waals surface area contributed by atoms with Crippen molar-refractivity contribution < 1.29 is 0 Å². The van der Waals surface area contributed by atoms with Crippen molar-refractivity contribution in [1.82, 2.24) is 15.5 Å². The van der Waals surface area contributed by atoms with Crippen molar-refractivity contribution in [3.05, 3.63) is 0 Å². The molecule has 0 aromatic rings. The summed E-state index contributed by atoms with van der Waals surface area (Å²) in [7, 11) is 2.16. The molecule has 1 saturated heterocycles. The zero-order valence-corrected chi connectivity index (χ0v) is 10.0. The topological polar surface area (TPSA) is 29.4 Å². The number of rotatable bonds is 3. The molecule has 1 fully saturated rings. The molecule has 1 heterocycles. The molecule has 0 amide bonds. The lowest BCUT2D eigenvalue weighted by molar-refractivity contribution is 0.205. The number of nitrogens with zero attached hydrogens (tertiary/aromatic N) is 2. The lowest BCUT2D eigenvalue weighted by atomic mass is 9.92. The number of piperazine rings is 1. The number of likely N-dealkylation sites (N-methyl/N-ethyl adjacent to an activating group) is 1. The van der Waals surface area contributed by atoms with E-state index in [1.54, 1.807) is 0 Å². The molecule has 1 atom stereocenters. The fourth-order valence-corrected chi connectivity index (χ4v) is 1.57. The Morgan fingerprint density at radius 3 is 2.71 bits per heavy atom. The summed E-state index contributed by atoms with van der Waals surface area (Å²) in [6.07, 6.45) is 1.57. The number of nitrogens with one attached hydrogen (secondary N) is 1. The Labute approximate surface area is 88.2 Å². The molecule has 1 rings (SSSR count). The summed E-state index contributed by atoms with van der Waals surface area (Å²) >= 11 is 0. The van der Waals surface area contributed by atoms with Crippen LogP contribution in [0.15, 0.2) is 0 Å². The minimum Gasteiger partial charge on any atom is -0.302 e. The highest BCUT2D eigenvalue weighted by atomic mass is 15.3. The van der Waals surface area contributed by atoms with Crippen molar-refractivity contribution in [2.45, 2.75) is 33.4 Å². The summed E-state index contributed by atoms with van der Waals surface area (Å²) in [6, 6.07) is 0. The highest BCUT2D eigenvalue weighted by Crippen LogP contribution is 2.17. The second-order valence-corrected chi connectivity index (χ2v) is 5.45. The Morgan fingerprint density at radius 1 is 1.43 bits per heavy atom. The summed E-state index contributed by atoms with van der Waals surface area (Å²) in [5.74, 6) is 0. The van der Waals surface area contributed by atoms with Crippen molar-refractivity contribution in [2.75, 3.05) is 33.2 Å². The second kappa shape index (κ2) is 5.10. The first-order valence-electron chi connectivity index (χ1n) is 5.56. The van der Waals surface area contributed by atoms with Crippen molar-refractivity contribution >= 4 is 0 Å². The number of hydrogen-bond acceptors (Lipinski definition) is 2. The molecule has 0 aromatic heterocycles. The van der Waals surface area contributed by atoms with E-state index in [0.717, 1.165) is 26.2 Å². The molecule has 3 nitrogen and oxygen atoms in total. The monoisotopic (exact) mass is 198 g/mol. The van der Waals surface area contributed by atoms with Crippen LogP contribution in [0.25, 0.3) is 0 Å². The van der Waals surface area contributed by atoms with Crippen LogP contribution in [0.2, 0.25) is 0 Å². The van der Waals surface area contributed by atoms with Gasteiger partial charge in [0.1, 0.15) is 0 Å².